The molecule has 0 aromatic rings. The first-order chi connectivity index (χ1) is 4.22. The number of halogens is 1. The number of hydrogen-bond acceptors (Lipinski definition) is 1. The Hall–Kier alpha value is -0.0000000000000000555. The van der Waals surface area contributed by atoms with Gasteiger partial charge in [0.05, 0.1) is 22.9 Å². The Kier molecular flexibility index (Phi) is 2.15. The van der Waals surface area contributed by atoms with Crippen molar-refractivity contribution in [2.45, 2.75) is 6.42 Å². The van der Waals surface area contributed by atoms with Gasteiger partial charge in [-0.2, -0.15) is 0 Å². The fourth-order valence-corrected chi connectivity index (χ4v) is 1.53. The molecule has 1 aliphatic heterocycles. The topological polar surface area (TPSA) is 23.6 Å². The molecule has 2 amide bonds. The van der Waals surface area contributed by atoms with E-state index in [1.807, 2.05) is 29.9 Å². The van der Waals surface area contributed by atoms with E-state index < -0.39 is 0 Å². The third-order valence-corrected chi connectivity index (χ3v) is 2.28. The van der Waals surface area contributed by atoms with Crippen LogP contribution in [0.5, 0.6) is 0 Å². The van der Waals surface area contributed by atoms with Gasteiger partial charge in [-0.25, -0.2) is 4.79 Å². The zero-order valence-corrected chi connectivity index (χ0v) is 7.46. The third kappa shape index (κ3) is 1.47. The lowest BCUT2D eigenvalue weighted by atomic mass is 10.3. The minimum absolute atomic E-state index is 0.127. The van der Waals surface area contributed by atoms with E-state index in [4.69, 9.17) is 0 Å². The standard InChI is InChI=1S/C5H9IN2O/c1-7-3-2-4-8(6)5(7)9/h2-4H2,1H3. The highest BCUT2D eigenvalue weighted by atomic mass is 127. The second-order valence-corrected chi connectivity index (χ2v) is 3.31. The molecule has 1 aliphatic rings. The normalized spacial score (nSPS) is 20.9. The highest BCUT2D eigenvalue weighted by Gasteiger charge is 2.19. The van der Waals surface area contributed by atoms with E-state index in [2.05, 4.69) is 0 Å². The van der Waals surface area contributed by atoms with Crippen LogP contribution < -0.4 is 0 Å². The molecule has 0 aromatic carbocycles. The van der Waals surface area contributed by atoms with E-state index in [1.54, 1.807) is 8.01 Å². The first-order valence-electron chi connectivity index (χ1n) is 2.90. The Morgan fingerprint density at radius 3 is 2.67 bits per heavy atom. The summed E-state index contributed by atoms with van der Waals surface area (Å²) in [6, 6.07) is 0.127. The van der Waals surface area contributed by atoms with Crippen LogP contribution in [0.25, 0.3) is 0 Å². The second kappa shape index (κ2) is 2.72. The molecule has 1 saturated heterocycles. The van der Waals surface area contributed by atoms with Gasteiger partial charge in [0.2, 0.25) is 0 Å². The summed E-state index contributed by atoms with van der Waals surface area (Å²) in [6.07, 6.45) is 1.09. The van der Waals surface area contributed by atoms with Gasteiger partial charge in [0.1, 0.15) is 0 Å². The smallest absolute Gasteiger partial charge is 0.327 e. The quantitative estimate of drug-likeness (QED) is 0.459. The number of nitrogens with zero attached hydrogens (tertiary/aromatic N) is 2. The van der Waals surface area contributed by atoms with E-state index in [-0.39, 0.29) is 6.03 Å². The molecule has 0 spiro atoms. The van der Waals surface area contributed by atoms with E-state index in [0.29, 0.717) is 0 Å². The fourth-order valence-electron chi connectivity index (χ4n) is 0.823. The van der Waals surface area contributed by atoms with Gasteiger partial charge in [-0.3, -0.25) is 3.11 Å². The Morgan fingerprint density at radius 2 is 2.22 bits per heavy atom. The predicted molar refractivity (Wildman–Crippen MR) is 43.4 cm³/mol. The molecular formula is C5H9IN2O. The van der Waals surface area contributed by atoms with Crippen molar-refractivity contribution >= 4 is 28.9 Å². The summed E-state index contributed by atoms with van der Waals surface area (Å²) in [4.78, 5) is 12.7. The number of urea groups is 1. The largest absolute Gasteiger partial charge is 0.328 e. The van der Waals surface area contributed by atoms with Crippen LogP contribution in [-0.4, -0.2) is 34.2 Å². The van der Waals surface area contributed by atoms with Crippen LogP contribution in [0.2, 0.25) is 0 Å². The molecule has 0 aliphatic carbocycles. The Labute approximate surface area is 68.5 Å². The lowest BCUT2D eigenvalue weighted by Gasteiger charge is -2.28. The minimum Gasteiger partial charge on any atom is -0.327 e. The van der Waals surface area contributed by atoms with Gasteiger partial charge in [-0.05, 0) is 6.42 Å². The van der Waals surface area contributed by atoms with Crippen molar-refractivity contribution in [3.8, 4) is 0 Å². The first kappa shape index (κ1) is 7.11. The summed E-state index contributed by atoms with van der Waals surface area (Å²) >= 11 is 2.04. The van der Waals surface area contributed by atoms with E-state index in [0.717, 1.165) is 19.5 Å². The average molecular weight is 240 g/mol. The Morgan fingerprint density at radius 1 is 1.56 bits per heavy atom. The van der Waals surface area contributed by atoms with Crippen molar-refractivity contribution in [1.82, 2.24) is 8.01 Å². The second-order valence-electron chi connectivity index (χ2n) is 2.14. The maximum absolute atomic E-state index is 11.0. The van der Waals surface area contributed by atoms with Crippen LogP contribution in [0.1, 0.15) is 6.42 Å². The van der Waals surface area contributed by atoms with Crippen molar-refractivity contribution in [1.29, 1.82) is 0 Å². The average Bonchev–Trinajstić information content (AvgIpc) is 1.83. The molecule has 9 heavy (non-hydrogen) atoms. The molecule has 52 valence electrons. The Balaban J connectivity index is 2.52. The summed E-state index contributed by atoms with van der Waals surface area (Å²) in [5.41, 5.74) is 0. The lowest BCUT2D eigenvalue weighted by molar-refractivity contribution is 0.181. The van der Waals surface area contributed by atoms with Crippen molar-refractivity contribution < 1.29 is 4.79 Å². The summed E-state index contributed by atoms with van der Waals surface area (Å²) in [5.74, 6) is 0. The van der Waals surface area contributed by atoms with Gasteiger partial charge in [-0.15, -0.1) is 0 Å². The molecule has 1 rings (SSSR count). The SMILES string of the molecule is CN1CCCN(I)C1=O. The maximum Gasteiger partial charge on any atom is 0.328 e. The lowest BCUT2D eigenvalue weighted by Crippen LogP contribution is -2.42. The highest BCUT2D eigenvalue weighted by Crippen LogP contribution is 2.10. The van der Waals surface area contributed by atoms with Crippen molar-refractivity contribution in [3.05, 3.63) is 0 Å². The van der Waals surface area contributed by atoms with Crippen LogP contribution in [0, 0.1) is 0 Å². The monoisotopic (exact) mass is 240 g/mol. The van der Waals surface area contributed by atoms with Crippen LogP contribution in [0.4, 0.5) is 4.79 Å². The molecule has 3 nitrogen and oxygen atoms in total. The zero-order chi connectivity index (χ0) is 6.85. The highest BCUT2D eigenvalue weighted by molar-refractivity contribution is 14.1. The van der Waals surface area contributed by atoms with E-state index in [9.17, 15) is 4.79 Å². The molecule has 0 aromatic heterocycles. The van der Waals surface area contributed by atoms with E-state index >= 15 is 0 Å². The van der Waals surface area contributed by atoms with Gasteiger partial charge < -0.3 is 4.90 Å². The third-order valence-electron chi connectivity index (χ3n) is 1.38. The molecule has 0 unspecified atom stereocenters. The number of hydrogen-bond donors (Lipinski definition) is 0. The maximum atomic E-state index is 11.0. The number of carbonyl (C=O) groups is 1. The van der Waals surface area contributed by atoms with Crippen molar-refractivity contribution in [2.24, 2.45) is 0 Å². The van der Waals surface area contributed by atoms with Crippen LogP contribution in [0.15, 0.2) is 0 Å². The van der Waals surface area contributed by atoms with Crippen molar-refractivity contribution in [2.75, 3.05) is 20.1 Å². The summed E-state index contributed by atoms with van der Waals surface area (Å²) in [5, 5.41) is 0. The molecule has 4 heteroatoms. The number of carbonyl (C=O) groups excluding carboxylic acids is 1. The predicted octanol–water partition coefficient (Wildman–Crippen LogP) is 1.09. The van der Waals surface area contributed by atoms with E-state index in [1.165, 1.54) is 0 Å². The molecule has 0 N–H and O–H groups in total. The molecule has 0 saturated carbocycles. The first-order valence-corrected chi connectivity index (χ1v) is 3.86. The molecule has 1 heterocycles. The molecule has 0 radical (unpaired) electrons. The zero-order valence-electron chi connectivity index (χ0n) is 5.30. The van der Waals surface area contributed by atoms with Crippen LogP contribution in [0.3, 0.4) is 0 Å². The molecule has 0 bridgehead atoms. The number of rotatable bonds is 0. The minimum atomic E-state index is 0.127. The summed E-state index contributed by atoms with van der Waals surface area (Å²) in [7, 11) is 1.83. The van der Waals surface area contributed by atoms with Gasteiger partial charge >= 0.3 is 6.03 Å². The van der Waals surface area contributed by atoms with Crippen molar-refractivity contribution in [3.63, 3.8) is 0 Å². The number of amides is 2. The molecular weight excluding hydrogens is 231 g/mol. The van der Waals surface area contributed by atoms with Gasteiger partial charge in [0.25, 0.3) is 0 Å². The Bertz CT molecular complexity index is 116. The summed E-state index contributed by atoms with van der Waals surface area (Å²) in [6.45, 7) is 1.79. The van der Waals surface area contributed by atoms with Gasteiger partial charge in [0, 0.05) is 20.1 Å². The summed E-state index contributed by atoms with van der Waals surface area (Å²) < 4.78 is 1.71. The molecule has 1 fully saturated rings. The van der Waals surface area contributed by atoms with Crippen LogP contribution in [-0.2, 0) is 0 Å². The van der Waals surface area contributed by atoms with Crippen LogP contribution >= 0.6 is 22.9 Å². The molecule has 0 atom stereocenters. The van der Waals surface area contributed by atoms with Gasteiger partial charge in [-0.1, -0.05) is 0 Å². The fraction of sp³-hybridized carbons (Fsp3) is 0.800. The van der Waals surface area contributed by atoms with Gasteiger partial charge in [0.15, 0.2) is 0 Å².